The van der Waals surface area contributed by atoms with Crippen LogP contribution in [-0.2, 0) is 25.1 Å². The molecule has 0 heterocycles. The van der Waals surface area contributed by atoms with E-state index in [0.717, 1.165) is 0 Å². The monoisotopic (exact) mass is 236 g/mol. The van der Waals surface area contributed by atoms with E-state index in [0.29, 0.717) is 0 Å². The Morgan fingerprint density at radius 2 is 1.00 bits per heavy atom. The van der Waals surface area contributed by atoms with Gasteiger partial charge in [0.05, 0.1) is 0 Å². The Hall–Kier alpha value is 0.700. The summed E-state index contributed by atoms with van der Waals surface area (Å²) < 4.78 is 59.5. The van der Waals surface area contributed by atoms with Gasteiger partial charge < -0.3 is 0 Å². The van der Waals surface area contributed by atoms with E-state index in [4.69, 9.17) is 35.8 Å². The molecule has 0 aliphatic carbocycles. The standard InChI is InChI=1S/Na.H2O5S.H2O4S.H/c;1-5-6(2,3)4;1-5(2,3)4;/h;1H,(H,2,3,4);(H2,1,2,3,4);. The Morgan fingerprint density at radius 1 is 0.917 bits per heavy atom. The van der Waals surface area contributed by atoms with Crippen LogP contribution in [0.5, 0.6) is 0 Å². The third kappa shape index (κ3) is 73.5. The van der Waals surface area contributed by atoms with Crippen LogP contribution in [0.15, 0.2) is 0 Å². The van der Waals surface area contributed by atoms with E-state index in [2.05, 4.69) is 4.33 Å². The van der Waals surface area contributed by atoms with Crippen molar-refractivity contribution in [2.75, 3.05) is 0 Å². The van der Waals surface area contributed by atoms with Crippen molar-refractivity contribution in [2.45, 2.75) is 0 Å². The van der Waals surface area contributed by atoms with E-state index in [1.54, 1.807) is 0 Å². The molecule has 0 atom stereocenters. The molecule has 9 nitrogen and oxygen atoms in total. The first kappa shape index (κ1) is 18.5. The molecule has 0 aromatic heterocycles. The van der Waals surface area contributed by atoms with Gasteiger partial charge in [0.2, 0.25) is 0 Å². The first-order chi connectivity index (χ1) is 4.56. The summed E-state index contributed by atoms with van der Waals surface area (Å²) in [7, 11) is -9.27. The molecule has 0 aromatic rings. The van der Waals surface area contributed by atoms with Crippen molar-refractivity contribution in [3.05, 3.63) is 0 Å². The van der Waals surface area contributed by atoms with E-state index in [1.807, 2.05) is 0 Å². The average molecular weight is 236 g/mol. The van der Waals surface area contributed by atoms with Gasteiger partial charge >= 0.3 is 50.4 Å². The van der Waals surface area contributed by atoms with Crippen molar-refractivity contribution in [1.82, 2.24) is 0 Å². The van der Waals surface area contributed by atoms with E-state index < -0.39 is 20.8 Å². The van der Waals surface area contributed by atoms with Gasteiger partial charge in [0.15, 0.2) is 0 Å². The van der Waals surface area contributed by atoms with Crippen LogP contribution >= 0.6 is 0 Å². The fourth-order valence-electron chi connectivity index (χ4n) is 0. The average Bonchev–Trinajstić information content (AvgIpc) is 1.59. The quantitative estimate of drug-likeness (QED) is 0.174. The van der Waals surface area contributed by atoms with E-state index in [9.17, 15) is 0 Å². The number of rotatable bonds is 1. The second-order valence-corrected chi connectivity index (χ2v) is 2.85. The molecule has 12 heteroatoms. The fraction of sp³-hybridized carbons (Fsp3) is 0. The van der Waals surface area contributed by atoms with Gasteiger partial charge in [-0.3, -0.25) is 13.7 Å². The molecule has 0 aliphatic heterocycles. The summed E-state index contributed by atoms with van der Waals surface area (Å²) in [6.45, 7) is 0. The summed E-state index contributed by atoms with van der Waals surface area (Å²) in [4.78, 5) is 0. The van der Waals surface area contributed by atoms with Gasteiger partial charge in [-0.15, -0.1) is 0 Å². The van der Waals surface area contributed by atoms with Crippen molar-refractivity contribution in [3.63, 3.8) is 0 Å². The number of hydrogen-bond acceptors (Lipinski definition) is 6. The molecule has 0 fully saturated rings. The van der Waals surface area contributed by atoms with Gasteiger partial charge in [-0.25, -0.2) is 5.26 Å². The van der Waals surface area contributed by atoms with Crippen LogP contribution in [0, 0.1) is 0 Å². The molecule has 0 saturated carbocycles. The van der Waals surface area contributed by atoms with Gasteiger partial charge in [0.25, 0.3) is 0 Å². The third-order valence-corrected chi connectivity index (χ3v) is 0.283. The van der Waals surface area contributed by atoms with Crippen molar-refractivity contribution >= 4 is 50.4 Å². The van der Waals surface area contributed by atoms with Crippen molar-refractivity contribution < 1.29 is 40.1 Å². The molecule has 0 radical (unpaired) electrons. The minimum atomic E-state index is -4.67. The summed E-state index contributed by atoms with van der Waals surface area (Å²) in [6.07, 6.45) is 0. The minimum absolute atomic E-state index is 0. The summed E-state index contributed by atoms with van der Waals surface area (Å²) in [5.74, 6) is 0. The van der Waals surface area contributed by atoms with Crippen LogP contribution in [0.2, 0.25) is 0 Å². The SMILES string of the molecule is O=S(=O)(O)O.O=S(=O)(O)OO.[NaH]. The molecule has 0 rings (SSSR count). The van der Waals surface area contributed by atoms with Crippen molar-refractivity contribution in [1.29, 1.82) is 0 Å². The molecule has 4 N–H and O–H groups in total. The zero-order chi connectivity index (χ0) is 9.71. The van der Waals surface area contributed by atoms with Crippen molar-refractivity contribution in [2.24, 2.45) is 0 Å². The van der Waals surface area contributed by atoms with Crippen LogP contribution in [0.4, 0.5) is 0 Å². The van der Waals surface area contributed by atoms with Gasteiger partial charge in [-0.1, -0.05) is 4.33 Å². The van der Waals surface area contributed by atoms with Gasteiger partial charge in [0, 0.05) is 0 Å². The Bertz CT molecular complexity index is 260. The predicted molar refractivity (Wildman–Crippen MR) is 36.6 cm³/mol. The molecule has 0 amide bonds. The topological polar surface area (TPSA) is 158 Å². The molecular weight excluding hydrogens is 231 g/mol. The normalized spacial score (nSPS) is 10.7. The summed E-state index contributed by atoms with van der Waals surface area (Å²) in [5.41, 5.74) is 0. The van der Waals surface area contributed by atoms with Crippen LogP contribution in [0.25, 0.3) is 0 Å². The summed E-state index contributed by atoms with van der Waals surface area (Å²) in [5, 5.41) is 7.06. The zero-order valence-corrected chi connectivity index (χ0v) is 6.28. The molecule has 0 aliphatic rings. The molecule has 0 saturated heterocycles. The van der Waals surface area contributed by atoms with Crippen LogP contribution in [-0.4, -0.2) is 65.3 Å². The Morgan fingerprint density at radius 3 is 1.00 bits per heavy atom. The first-order valence-electron chi connectivity index (χ1n) is 1.56. The third-order valence-electron chi connectivity index (χ3n) is 0.0942. The second-order valence-electron chi connectivity index (χ2n) is 0.950. The Balaban J connectivity index is -0.000000126. The number of hydrogen-bond donors (Lipinski definition) is 4. The van der Waals surface area contributed by atoms with Gasteiger partial charge in [-0.05, 0) is 0 Å². The van der Waals surface area contributed by atoms with E-state index in [-0.39, 0.29) is 29.6 Å². The van der Waals surface area contributed by atoms with Gasteiger partial charge in [0.1, 0.15) is 0 Å². The van der Waals surface area contributed by atoms with Crippen molar-refractivity contribution in [3.8, 4) is 0 Å². The summed E-state index contributed by atoms with van der Waals surface area (Å²) in [6, 6.07) is 0. The molecule has 0 bridgehead atoms. The van der Waals surface area contributed by atoms with E-state index >= 15 is 0 Å². The Labute approximate surface area is 90.1 Å². The fourth-order valence-corrected chi connectivity index (χ4v) is 0. The summed E-state index contributed by atoms with van der Waals surface area (Å²) >= 11 is 0. The molecule has 0 spiro atoms. The van der Waals surface area contributed by atoms with Gasteiger partial charge in [-0.2, -0.15) is 16.8 Å². The van der Waals surface area contributed by atoms with Crippen LogP contribution in [0.1, 0.15) is 0 Å². The predicted octanol–water partition coefficient (Wildman–Crippen LogP) is -2.02. The van der Waals surface area contributed by atoms with Crippen LogP contribution < -0.4 is 0 Å². The maximum atomic E-state index is 9.08. The molecule has 0 unspecified atom stereocenters. The zero-order valence-electron chi connectivity index (χ0n) is 4.65. The molecular formula is H5NaO9S2. The molecule has 72 valence electrons. The first-order valence-corrected chi connectivity index (χ1v) is 4.33. The van der Waals surface area contributed by atoms with Crippen LogP contribution in [0.3, 0.4) is 0 Å². The maximum absolute atomic E-state index is 9.08. The Kier molecular flexibility index (Phi) is 11.0. The second kappa shape index (κ2) is 7.14. The molecule has 12 heavy (non-hydrogen) atoms. The molecule has 0 aromatic carbocycles. The van der Waals surface area contributed by atoms with E-state index in [1.165, 1.54) is 0 Å².